The number of amides is 1. The molecule has 0 spiro atoms. The van der Waals surface area contributed by atoms with E-state index in [1.807, 2.05) is 0 Å². The molecule has 0 aliphatic heterocycles. The number of nitrogens with one attached hydrogen (secondary N) is 1. The van der Waals surface area contributed by atoms with Crippen LogP contribution < -0.4 is 5.32 Å². The number of hydrogen-bond acceptors (Lipinski definition) is 7. The van der Waals surface area contributed by atoms with Gasteiger partial charge in [-0.05, 0) is 18.2 Å². The second-order valence-electron chi connectivity index (χ2n) is 5.01. The highest BCUT2D eigenvalue weighted by Crippen LogP contribution is 2.21. The van der Waals surface area contributed by atoms with E-state index in [4.69, 9.17) is 0 Å². The van der Waals surface area contributed by atoms with E-state index < -0.39 is 28.5 Å². The Balaban J connectivity index is 2.41. The van der Waals surface area contributed by atoms with Crippen LogP contribution in [0.25, 0.3) is 0 Å². The van der Waals surface area contributed by atoms with Crippen LogP contribution in [-0.4, -0.2) is 37.0 Å². The van der Waals surface area contributed by atoms with Gasteiger partial charge in [-0.25, -0.2) is 9.59 Å². The van der Waals surface area contributed by atoms with Crippen molar-refractivity contribution in [1.29, 1.82) is 0 Å². The lowest BCUT2D eigenvalue weighted by atomic mass is 10.1. The number of anilines is 1. The number of nitro benzene ring substituents is 1. The summed E-state index contributed by atoms with van der Waals surface area (Å²) >= 11 is 0. The SMILES string of the molecule is COC(=O)c1cc(C(=O)Nc2ccccc2C(=O)OC)cc([N+](=O)[O-])c1. The van der Waals surface area contributed by atoms with Crippen LogP contribution in [0.3, 0.4) is 0 Å². The molecule has 26 heavy (non-hydrogen) atoms. The van der Waals surface area contributed by atoms with E-state index in [-0.39, 0.29) is 22.4 Å². The number of nitrogens with zero attached hydrogens (tertiary/aromatic N) is 1. The van der Waals surface area contributed by atoms with E-state index >= 15 is 0 Å². The normalized spacial score (nSPS) is 9.92. The van der Waals surface area contributed by atoms with E-state index in [2.05, 4.69) is 14.8 Å². The predicted octanol–water partition coefficient (Wildman–Crippen LogP) is 2.42. The van der Waals surface area contributed by atoms with Crippen LogP contribution >= 0.6 is 0 Å². The van der Waals surface area contributed by atoms with E-state index in [9.17, 15) is 24.5 Å². The highest BCUT2D eigenvalue weighted by molar-refractivity contribution is 6.09. The van der Waals surface area contributed by atoms with Gasteiger partial charge < -0.3 is 14.8 Å². The number of ether oxygens (including phenoxy) is 2. The Morgan fingerprint density at radius 3 is 2.19 bits per heavy atom. The van der Waals surface area contributed by atoms with E-state index in [0.29, 0.717) is 0 Å². The summed E-state index contributed by atoms with van der Waals surface area (Å²) in [5.74, 6) is -2.22. The Hall–Kier alpha value is -3.75. The van der Waals surface area contributed by atoms with Crippen molar-refractivity contribution in [2.75, 3.05) is 19.5 Å². The van der Waals surface area contributed by atoms with Crippen LogP contribution in [0.1, 0.15) is 31.1 Å². The Bertz CT molecular complexity index is 892. The van der Waals surface area contributed by atoms with Gasteiger partial charge in [0.05, 0.1) is 36.0 Å². The summed E-state index contributed by atoms with van der Waals surface area (Å²) in [6, 6.07) is 9.29. The van der Waals surface area contributed by atoms with Crippen molar-refractivity contribution in [2.45, 2.75) is 0 Å². The molecule has 0 aromatic heterocycles. The molecule has 0 unspecified atom stereocenters. The number of non-ortho nitro benzene ring substituents is 1. The Morgan fingerprint density at radius 1 is 0.962 bits per heavy atom. The van der Waals surface area contributed by atoms with Gasteiger partial charge in [-0.1, -0.05) is 12.1 Å². The molecular weight excluding hydrogens is 344 g/mol. The van der Waals surface area contributed by atoms with Crippen LogP contribution in [0.15, 0.2) is 42.5 Å². The van der Waals surface area contributed by atoms with Gasteiger partial charge in [-0.3, -0.25) is 14.9 Å². The molecule has 0 saturated carbocycles. The van der Waals surface area contributed by atoms with E-state index in [0.717, 1.165) is 25.3 Å². The van der Waals surface area contributed by atoms with Crippen LogP contribution in [0.2, 0.25) is 0 Å². The number of carbonyl (C=O) groups is 3. The quantitative estimate of drug-likeness (QED) is 0.494. The van der Waals surface area contributed by atoms with Crippen LogP contribution in [0.4, 0.5) is 11.4 Å². The van der Waals surface area contributed by atoms with Crippen molar-refractivity contribution in [2.24, 2.45) is 0 Å². The zero-order valence-electron chi connectivity index (χ0n) is 13.8. The molecule has 0 atom stereocenters. The van der Waals surface area contributed by atoms with Gasteiger partial charge in [0.1, 0.15) is 0 Å². The Labute approximate surface area is 147 Å². The summed E-state index contributed by atoms with van der Waals surface area (Å²) in [7, 11) is 2.32. The summed E-state index contributed by atoms with van der Waals surface area (Å²) in [5.41, 5.74) is -0.455. The lowest BCUT2D eigenvalue weighted by molar-refractivity contribution is -0.384. The molecule has 0 bridgehead atoms. The molecule has 0 heterocycles. The molecule has 0 radical (unpaired) electrons. The number of para-hydroxylation sites is 1. The first kappa shape index (κ1) is 18.6. The molecule has 0 saturated heterocycles. The molecule has 134 valence electrons. The van der Waals surface area contributed by atoms with Gasteiger partial charge in [-0.2, -0.15) is 0 Å². The summed E-state index contributed by atoms with van der Waals surface area (Å²) in [4.78, 5) is 46.2. The first-order valence-corrected chi connectivity index (χ1v) is 7.24. The zero-order valence-corrected chi connectivity index (χ0v) is 13.8. The number of carbonyl (C=O) groups excluding carboxylic acids is 3. The molecule has 2 aromatic carbocycles. The predicted molar refractivity (Wildman–Crippen MR) is 90.2 cm³/mol. The van der Waals surface area contributed by atoms with Gasteiger partial charge in [0.25, 0.3) is 11.6 Å². The molecule has 2 aromatic rings. The third-order valence-corrected chi connectivity index (χ3v) is 3.39. The number of nitro groups is 1. The van der Waals surface area contributed by atoms with Gasteiger partial charge in [0, 0.05) is 17.7 Å². The topological polar surface area (TPSA) is 125 Å². The number of hydrogen-bond donors (Lipinski definition) is 1. The minimum atomic E-state index is -0.822. The summed E-state index contributed by atoms with van der Waals surface area (Å²) in [5, 5.41) is 13.5. The van der Waals surface area contributed by atoms with Crippen molar-refractivity contribution in [3.8, 4) is 0 Å². The van der Waals surface area contributed by atoms with Crippen molar-refractivity contribution in [1.82, 2.24) is 0 Å². The molecule has 1 amide bonds. The molecule has 2 rings (SSSR count). The fourth-order valence-corrected chi connectivity index (χ4v) is 2.16. The average Bonchev–Trinajstić information content (AvgIpc) is 2.66. The average molecular weight is 358 g/mol. The monoisotopic (exact) mass is 358 g/mol. The summed E-state index contributed by atoms with van der Waals surface area (Å²) in [6.45, 7) is 0. The molecule has 9 nitrogen and oxygen atoms in total. The number of rotatable bonds is 5. The largest absolute Gasteiger partial charge is 0.465 e. The fraction of sp³-hybridized carbons (Fsp3) is 0.118. The maximum atomic E-state index is 12.5. The van der Waals surface area contributed by atoms with E-state index in [1.165, 1.54) is 19.2 Å². The van der Waals surface area contributed by atoms with Gasteiger partial charge >= 0.3 is 11.9 Å². The molecule has 0 fully saturated rings. The lowest BCUT2D eigenvalue weighted by Gasteiger charge is -2.10. The fourth-order valence-electron chi connectivity index (χ4n) is 2.16. The third kappa shape index (κ3) is 4.01. The van der Waals surface area contributed by atoms with Crippen LogP contribution in [-0.2, 0) is 9.47 Å². The zero-order chi connectivity index (χ0) is 19.3. The minimum Gasteiger partial charge on any atom is -0.465 e. The third-order valence-electron chi connectivity index (χ3n) is 3.39. The van der Waals surface area contributed by atoms with Crippen LogP contribution in [0.5, 0.6) is 0 Å². The Morgan fingerprint density at radius 2 is 1.58 bits per heavy atom. The van der Waals surface area contributed by atoms with Crippen molar-refractivity contribution in [3.05, 3.63) is 69.3 Å². The van der Waals surface area contributed by atoms with Crippen molar-refractivity contribution < 1.29 is 28.8 Å². The summed E-state index contributed by atoms with van der Waals surface area (Å²) in [6.07, 6.45) is 0. The molecule has 0 aliphatic carbocycles. The molecule has 0 aliphatic rings. The maximum Gasteiger partial charge on any atom is 0.339 e. The molecule has 1 N–H and O–H groups in total. The highest BCUT2D eigenvalue weighted by Gasteiger charge is 2.20. The number of benzene rings is 2. The highest BCUT2D eigenvalue weighted by atomic mass is 16.6. The van der Waals surface area contributed by atoms with Gasteiger partial charge in [0.2, 0.25) is 0 Å². The second-order valence-corrected chi connectivity index (χ2v) is 5.01. The van der Waals surface area contributed by atoms with E-state index in [1.54, 1.807) is 12.1 Å². The maximum absolute atomic E-state index is 12.5. The number of esters is 2. The second kappa shape index (κ2) is 7.88. The van der Waals surface area contributed by atoms with Crippen molar-refractivity contribution in [3.63, 3.8) is 0 Å². The molecule has 9 heteroatoms. The molecular formula is C17H14N2O7. The standard InChI is InChI=1S/C17H14N2O7/c1-25-16(21)11-7-10(8-12(9-11)19(23)24)15(20)18-14-6-4-3-5-13(14)17(22)26-2/h3-9H,1-2H3,(H,18,20). The van der Waals surface area contributed by atoms with Gasteiger partial charge in [-0.15, -0.1) is 0 Å². The smallest absolute Gasteiger partial charge is 0.339 e. The first-order chi connectivity index (χ1) is 12.4. The van der Waals surface area contributed by atoms with Crippen molar-refractivity contribution >= 4 is 29.2 Å². The van der Waals surface area contributed by atoms with Crippen LogP contribution in [0, 0.1) is 10.1 Å². The Kier molecular flexibility index (Phi) is 5.63. The van der Waals surface area contributed by atoms with Gasteiger partial charge in [0.15, 0.2) is 0 Å². The minimum absolute atomic E-state index is 0.113. The lowest BCUT2D eigenvalue weighted by Crippen LogP contribution is -2.16. The number of methoxy groups -OCH3 is 2. The first-order valence-electron chi connectivity index (χ1n) is 7.24. The summed E-state index contributed by atoms with van der Waals surface area (Å²) < 4.78 is 9.17.